The number of hydrogen-bond donors (Lipinski definition) is 2. The molecule has 3 atom stereocenters. The van der Waals surface area contributed by atoms with E-state index in [0.29, 0.717) is 12.0 Å². The molecule has 70 valence electrons. The largest absolute Gasteiger partial charge is 0.379 e. The smallest absolute Gasteiger partial charge is 0.102 e. The molecule has 2 heteroatoms. The van der Waals surface area contributed by atoms with Crippen molar-refractivity contribution in [3.8, 4) is 0 Å². The molecule has 2 N–H and O–H groups in total. The molecule has 1 aliphatic carbocycles. The highest BCUT2D eigenvalue weighted by Crippen LogP contribution is 2.40. The summed E-state index contributed by atoms with van der Waals surface area (Å²) in [6.07, 6.45) is 0.758. The van der Waals surface area contributed by atoms with Gasteiger partial charge in [-0.05, 0) is 18.9 Å². The lowest BCUT2D eigenvalue weighted by Crippen LogP contribution is -2.28. The van der Waals surface area contributed by atoms with Gasteiger partial charge in [-0.1, -0.05) is 30.3 Å². The van der Waals surface area contributed by atoms with Crippen LogP contribution in [0.3, 0.4) is 0 Å². The zero-order valence-corrected chi connectivity index (χ0v) is 7.77. The maximum atomic E-state index is 9.12. The van der Waals surface area contributed by atoms with Crippen molar-refractivity contribution in [1.82, 2.24) is 5.32 Å². The number of nitrogens with one attached hydrogen (secondary N) is 1. The van der Waals surface area contributed by atoms with Gasteiger partial charge in [0.2, 0.25) is 0 Å². The van der Waals surface area contributed by atoms with E-state index in [-0.39, 0.29) is 0 Å². The third-order valence-electron chi connectivity index (χ3n) is 2.47. The fourth-order valence-corrected chi connectivity index (χ4v) is 1.76. The Morgan fingerprint density at radius 2 is 2.08 bits per heavy atom. The van der Waals surface area contributed by atoms with Gasteiger partial charge in [0.05, 0.1) is 0 Å². The van der Waals surface area contributed by atoms with Crippen LogP contribution in [-0.2, 0) is 0 Å². The van der Waals surface area contributed by atoms with Gasteiger partial charge in [0.1, 0.15) is 6.23 Å². The highest BCUT2D eigenvalue weighted by atomic mass is 16.3. The summed E-state index contributed by atoms with van der Waals surface area (Å²) < 4.78 is 0. The van der Waals surface area contributed by atoms with Gasteiger partial charge in [0.15, 0.2) is 0 Å². The molecular weight excluding hydrogens is 162 g/mol. The van der Waals surface area contributed by atoms with Crippen molar-refractivity contribution >= 4 is 0 Å². The van der Waals surface area contributed by atoms with Crippen LogP contribution in [0.15, 0.2) is 30.3 Å². The van der Waals surface area contributed by atoms with Gasteiger partial charge in [-0.25, -0.2) is 0 Å². The van der Waals surface area contributed by atoms with E-state index in [1.165, 1.54) is 5.56 Å². The molecule has 0 spiro atoms. The molecule has 1 saturated carbocycles. The van der Waals surface area contributed by atoms with Crippen LogP contribution in [0, 0.1) is 0 Å². The van der Waals surface area contributed by atoms with Gasteiger partial charge in [-0.2, -0.15) is 0 Å². The second-order valence-electron chi connectivity index (χ2n) is 3.70. The van der Waals surface area contributed by atoms with Crippen LogP contribution in [-0.4, -0.2) is 17.4 Å². The summed E-state index contributed by atoms with van der Waals surface area (Å²) in [5.41, 5.74) is 1.38. The number of hydrogen-bond acceptors (Lipinski definition) is 2. The van der Waals surface area contributed by atoms with Gasteiger partial charge in [-0.15, -0.1) is 0 Å². The quantitative estimate of drug-likeness (QED) is 0.685. The van der Waals surface area contributed by atoms with Crippen molar-refractivity contribution < 1.29 is 5.11 Å². The van der Waals surface area contributed by atoms with Gasteiger partial charge >= 0.3 is 0 Å². The monoisotopic (exact) mass is 177 g/mol. The second-order valence-corrected chi connectivity index (χ2v) is 3.70. The summed E-state index contributed by atoms with van der Waals surface area (Å²) in [5.74, 6) is 0.607. The van der Waals surface area contributed by atoms with Gasteiger partial charge in [0, 0.05) is 12.0 Å². The standard InChI is InChI=1S/C11H15NO/c1-8(13)12-11-7-10(11)9-5-3-2-4-6-9/h2-6,8,10-13H,7H2,1H3/t8?,10-,11+/m0/s1. The van der Waals surface area contributed by atoms with Crippen molar-refractivity contribution in [2.24, 2.45) is 0 Å². The zero-order chi connectivity index (χ0) is 9.26. The van der Waals surface area contributed by atoms with Crippen molar-refractivity contribution in [1.29, 1.82) is 0 Å². The number of aliphatic hydroxyl groups excluding tert-OH is 1. The lowest BCUT2D eigenvalue weighted by molar-refractivity contribution is 0.154. The van der Waals surface area contributed by atoms with E-state index in [0.717, 1.165) is 6.42 Å². The minimum atomic E-state index is -0.390. The van der Waals surface area contributed by atoms with Crippen LogP contribution >= 0.6 is 0 Å². The number of aliphatic hydroxyl groups is 1. The predicted octanol–water partition coefficient (Wildman–Crippen LogP) is 1.47. The van der Waals surface area contributed by atoms with E-state index in [9.17, 15) is 0 Å². The molecule has 1 fully saturated rings. The first kappa shape index (κ1) is 8.73. The summed E-state index contributed by atoms with van der Waals surface area (Å²) in [6.45, 7) is 1.76. The normalized spacial score (nSPS) is 28.5. The van der Waals surface area contributed by atoms with Gasteiger partial charge < -0.3 is 5.11 Å². The molecule has 0 heterocycles. The Labute approximate surface area is 78.6 Å². The Kier molecular flexibility index (Phi) is 2.34. The molecule has 1 aromatic carbocycles. The van der Waals surface area contributed by atoms with Crippen LogP contribution in [0.25, 0.3) is 0 Å². The molecular formula is C11H15NO. The third-order valence-corrected chi connectivity index (χ3v) is 2.47. The number of benzene rings is 1. The second kappa shape index (κ2) is 3.48. The van der Waals surface area contributed by atoms with Crippen molar-refractivity contribution in [2.45, 2.75) is 31.5 Å². The molecule has 1 aliphatic rings. The SMILES string of the molecule is CC(O)N[C@@H]1C[C@H]1c1ccccc1. The van der Waals surface area contributed by atoms with Crippen LogP contribution < -0.4 is 5.32 Å². The van der Waals surface area contributed by atoms with Gasteiger partial charge in [0.25, 0.3) is 0 Å². The fourth-order valence-electron chi connectivity index (χ4n) is 1.76. The fraction of sp³-hybridized carbons (Fsp3) is 0.455. The summed E-state index contributed by atoms with van der Waals surface area (Å²) in [7, 11) is 0. The first-order valence-electron chi connectivity index (χ1n) is 4.76. The van der Waals surface area contributed by atoms with Gasteiger partial charge in [-0.3, -0.25) is 5.32 Å². The Balaban J connectivity index is 1.93. The Bertz CT molecular complexity index is 271. The molecule has 0 saturated heterocycles. The van der Waals surface area contributed by atoms with Crippen molar-refractivity contribution in [2.75, 3.05) is 0 Å². The van der Waals surface area contributed by atoms with E-state index < -0.39 is 6.23 Å². The van der Waals surface area contributed by atoms with Crippen LogP contribution in [0.5, 0.6) is 0 Å². The average Bonchev–Trinajstić information content (AvgIpc) is 2.84. The maximum Gasteiger partial charge on any atom is 0.102 e. The molecule has 0 amide bonds. The van der Waals surface area contributed by atoms with Crippen LogP contribution in [0.1, 0.15) is 24.8 Å². The topological polar surface area (TPSA) is 32.3 Å². The van der Waals surface area contributed by atoms with E-state index in [2.05, 4.69) is 29.6 Å². The lowest BCUT2D eigenvalue weighted by atomic mass is 10.1. The van der Waals surface area contributed by atoms with E-state index in [4.69, 9.17) is 5.11 Å². The zero-order valence-electron chi connectivity index (χ0n) is 7.77. The summed E-state index contributed by atoms with van der Waals surface area (Å²) in [6, 6.07) is 10.9. The third kappa shape index (κ3) is 2.08. The first-order valence-corrected chi connectivity index (χ1v) is 4.76. The molecule has 1 aromatic rings. The van der Waals surface area contributed by atoms with E-state index in [1.807, 2.05) is 6.07 Å². The maximum absolute atomic E-state index is 9.12. The molecule has 1 unspecified atom stereocenters. The highest BCUT2D eigenvalue weighted by molar-refractivity contribution is 5.27. The Hall–Kier alpha value is -0.860. The average molecular weight is 177 g/mol. The molecule has 2 rings (SSSR count). The Morgan fingerprint density at radius 3 is 2.69 bits per heavy atom. The summed E-state index contributed by atoms with van der Waals surface area (Å²) in [4.78, 5) is 0. The Morgan fingerprint density at radius 1 is 1.38 bits per heavy atom. The van der Waals surface area contributed by atoms with Crippen LogP contribution in [0.4, 0.5) is 0 Å². The van der Waals surface area contributed by atoms with Crippen LogP contribution in [0.2, 0.25) is 0 Å². The molecule has 0 aliphatic heterocycles. The minimum absolute atomic E-state index is 0.390. The molecule has 0 radical (unpaired) electrons. The van der Waals surface area contributed by atoms with Crippen molar-refractivity contribution in [3.05, 3.63) is 35.9 Å². The van der Waals surface area contributed by atoms with E-state index in [1.54, 1.807) is 6.92 Å². The summed E-state index contributed by atoms with van der Waals surface area (Å²) in [5, 5.41) is 12.2. The van der Waals surface area contributed by atoms with Crippen molar-refractivity contribution in [3.63, 3.8) is 0 Å². The van der Waals surface area contributed by atoms with E-state index >= 15 is 0 Å². The minimum Gasteiger partial charge on any atom is -0.379 e. The summed E-state index contributed by atoms with van der Waals surface area (Å²) >= 11 is 0. The lowest BCUT2D eigenvalue weighted by Gasteiger charge is -2.06. The first-order chi connectivity index (χ1) is 6.27. The molecule has 0 bridgehead atoms. The molecule has 2 nitrogen and oxygen atoms in total. The highest BCUT2D eigenvalue weighted by Gasteiger charge is 2.38. The number of rotatable bonds is 3. The predicted molar refractivity (Wildman–Crippen MR) is 52.4 cm³/mol. The molecule has 13 heavy (non-hydrogen) atoms. The molecule has 0 aromatic heterocycles.